The third-order valence-electron chi connectivity index (χ3n) is 4.51. The highest BCUT2D eigenvalue weighted by Gasteiger charge is 2.16. The Kier molecular flexibility index (Phi) is 7.34. The molecule has 0 atom stereocenters. The van der Waals surface area contributed by atoms with Crippen LogP contribution >= 0.6 is 0 Å². The van der Waals surface area contributed by atoms with Crippen LogP contribution in [0, 0.1) is 27.3 Å². The number of anilines is 1. The molecule has 3 aromatic carbocycles. The average molecular weight is 447 g/mol. The molecule has 0 unspecified atom stereocenters. The van der Waals surface area contributed by atoms with E-state index < -0.39 is 28.0 Å². The number of halogens is 1. The van der Waals surface area contributed by atoms with Crippen molar-refractivity contribution >= 4 is 23.4 Å². The van der Waals surface area contributed by atoms with Gasteiger partial charge in [0.25, 0.3) is 11.6 Å². The van der Waals surface area contributed by atoms with Crippen molar-refractivity contribution in [1.29, 1.82) is 5.26 Å². The van der Waals surface area contributed by atoms with Gasteiger partial charge in [0.15, 0.2) is 11.5 Å². The Balaban J connectivity index is 1.83. The van der Waals surface area contributed by atoms with E-state index in [1.165, 1.54) is 13.2 Å². The van der Waals surface area contributed by atoms with Crippen LogP contribution in [0.4, 0.5) is 15.8 Å². The number of nitrogens with one attached hydrogen (secondary N) is 1. The summed E-state index contributed by atoms with van der Waals surface area (Å²) < 4.78 is 25.1. The number of hydrogen-bond acceptors (Lipinski definition) is 6. The third kappa shape index (κ3) is 5.92. The summed E-state index contributed by atoms with van der Waals surface area (Å²) in [5.41, 5.74) is 0.267. The van der Waals surface area contributed by atoms with Gasteiger partial charge in [-0.1, -0.05) is 36.4 Å². The summed E-state index contributed by atoms with van der Waals surface area (Å²) in [6.45, 7) is 0.280. The lowest BCUT2D eigenvalue weighted by Crippen LogP contribution is -2.14. The van der Waals surface area contributed by atoms with Crippen LogP contribution in [0.25, 0.3) is 6.08 Å². The first-order valence-corrected chi connectivity index (χ1v) is 9.63. The van der Waals surface area contributed by atoms with Gasteiger partial charge in [-0.15, -0.1) is 0 Å². The van der Waals surface area contributed by atoms with Crippen molar-refractivity contribution in [1.82, 2.24) is 0 Å². The smallest absolute Gasteiger partial charge is 0.271 e. The van der Waals surface area contributed by atoms with E-state index in [0.29, 0.717) is 17.1 Å². The lowest BCUT2D eigenvalue weighted by Gasteiger charge is -2.12. The Bertz CT molecular complexity index is 1250. The van der Waals surface area contributed by atoms with Crippen molar-refractivity contribution < 1.29 is 23.6 Å². The Morgan fingerprint density at radius 2 is 1.91 bits per heavy atom. The molecule has 0 heterocycles. The van der Waals surface area contributed by atoms with Crippen LogP contribution in [-0.2, 0) is 11.4 Å². The largest absolute Gasteiger partial charge is 0.493 e. The predicted molar refractivity (Wildman–Crippen MR) is 119 cm³/mol. The van der Waals surface area contributed by atoms with Crippen LogP contribution in [0.5, 0.6) is 11.5 Å². The molecule has 0 aliphatic carbocycles. The molecule has 0 bridgehead atoms. The number of nitriles is 1. The van der Waals surface area contributed by atoms with E-state index in [-0.39, 0.29) is 12.2 Å². The maximum atomic E-state index is 14.0. The van der Waals surface area contributed by atoms with E-state index in [4.69, 9.17) is 9.47 Å². The number of methoxy groups -OCH3 is 1. The number of hydrogen-bond donors (Lipinski definition) is 1. The SMILES string of the molecule is COc1ccc(C=C(C#N)C(=O)Nc2cc([N+](=O)[O-])ccc2F)cc1OCc1ccccc1. The highest BCUT2D eigenvalue weighted by Crippen LogP contribution is 2.30. The third-order valence-corrected chi connectivity index (χ3v) is 4.51. The zero-order chi connectivity index (χ0) is 23.8. The second-order valence-electron chi connectivity index (χ2n) is 6.73. The molecule has 0 saturated heterocycles. The van der Waals surface area contributed by atoms with E-state index in [2.05, 4.69) is 5.32 Å². The molecule has 0 spiro atoms. The van der Waals surface area contributed by atoms with E-state index in [9.17, 15) is 24.6 Å². The molecule has 3 aromatic rings. The molecular weight excluding hydrogens is 429 g/mol. The summed E-state index contributed by atoms with van der Waals surface area (Å²) in [5, 5.41) is 22.5. The zero-order valence-corrected chi connectivity index (χ0v) is 17.4. The van der Waals surface area contributed by atoms with Gasteiger partial charge in [0.1, 0.15) is 24.1 Å². The fraction of sp³-hybridized carbons (Fsp3) is 0.0833. The Morgan fingerprint density at radius 3 is 2.58 bits per heavy atom. The van der Waals surface area contributed by atoms with Gasteiger partial charge in [0.05, 0.1) is 17.7 Å². The number of non-ortho nitro benzene ring substituents is 1. The number of carbonyl (C=O) groups excluding carboxylic acids is 1. The summed E-state index contributed by atoms with van der Waals surface area (Å²) in [5.74, 6) is -0.922. The molecule has 0 fully saturated rings. The molecule has 8 nitrogen and oxygen atoms in total. The van der Waals surface area contributed by atoms with Gasteiger partial charge in [0, 0.05) is 12.1 Å². The van der Waals surface area contributed by atoms with Crippen molar-refractivity contribution in [2.75, 3.05) is 12.4 Å². The topological polar surface area (TPSA) is 114 Å². The Hall–Kier alpha value is -4.71. The minimum absolute atomic E-state index is 0.280. The molecule has 1 N–H and O–H groups in total. The van der Waals surface area contributed by atoms with Gasteiger partial charge < -0.3 is 14.8 Å². The van der Waals surface area contributed by atoms with Gasteiger partial charge in [0.2, 0.25) is 0 Å². The summed E-state index contributed by atoms with van der Waals surface area (Å²) in [6.07, 6.45) is 1.29. The average Bonchev–Trinajstić information content (AvgIpc) is 2.83. The van der Waals surface area contributed by atoms with Crippen molar-refractivity contribution in [2.45, 2.75) is 6.61 Å². The molecule has 0 aliphatic heterocycles. The van der Waals surface area contributed by atoms with Crippen molar-refractivity contribution in [3.63, 3.8) is 0 Å². The number of nitrogens with zero attached hydrogens (tertiary/aromatic N) is 2. The molecule has 0 aliphatic rings. The van der Waals surface area contributed by atoms with Crippen molar-refractivity contribution in [2.24, 2.45) is 0 Å². The van der Waals surface area contributed by atoms with E-state index >= 15 is 0 Å². The van der Waals surface area contributed by atoms with Crippen LogP contribution in [0.15, 0.2) is 72.3 Å². The monoisotopic (exact) mass is 447 g/mol. The minimum Gasteiger partial charge on any atom is -0.493 e. The Morgan fingerprint density at radius 1 is 1.15 bits per heavy atom. The van der Waals surface area contributed by atoms with Gasteiger partial charge >= 0.3 is 0 Å². The van der Waals surface area contributed by atoms with Crippen molar-refractivity contribution in [3.05, 3.63) is 99.4 Å². The van der Waals surface area contributed by atoms with Gasteiger partial charge in [-0.3, -0.25) is 14.9 Å². The molecule has 33 heavy (non-hydrogen) atoms. The maximum Gasteiger partial charge on any atom is 0.271 e. The summed E-state index contributed by atoms with van der Waals surface area (Å²) in [6, 6.07) is 18.8. The van der Waals surface area contributed by atoms with Gasteiger partial charge in [-0.2, -0.15) is 5.26 Å². The zero-order valence-electron chi connectivity index (χ0n) is 17.4. The van der Waals surface area contributed by atoms with E-state index in [0.717, 1.165) is 23.8 Å². The lowest BCUT2D eigenvalue weighted by atomic mass is 10.1. The fourth-order valence-corrected chi connectivity index (χ4v) is 2.86. The number of amides is 1. The first kappa shape index (κ1) is 23.0. The van der Waals surface area contributed by atoms with Crippen LogP contribution in [0.1, 0.15) is 11.1 Å². The number of benzene rings is 3. The summed E-state index contributed by atoms with van der Waals surface area (Å²) in [4.78, 5) is 22.7. The first-order valence-electron chi connectivity index (χ1n) is 9.63. The van der Waals surface area contributed by atoms with Crippen LogP contribution in [0.3, 0.4) is 0 Å². The molecular formula is C24H18FN3O5. The number of ether oxygens (including phenoxy) is 2. The van der Waals surface area contributed by atoms with Gasteiger partial charge in [-0.25, -0.2) is 4.39 Å². The number of carbonyl (C=O) groups is 1. The molecule has 9 heteroatoms. The molecule has 0 saturated carbocycles. The standard InChI is InChI=1S/C24H18FN3O5/c1-32-22-10-7-17(12-23(22)33-15-16-5-3-2-4-6-16)11-18(14-26)24(29)27-21-13-19(28(30)31)8-9-20(21)25/h2-13H,15H2,1H3,(H,27,29). The second kappa shape index (κ2) is 10.5. The molecule has 1 amide bonds. The highest BCUT2D eigenvalue weighted by molar-refractivity contribution is 6.09. The molecule has 0 radical (unpaired) electrons. The molecule has 166 valence electrons. The fourth-order valence-electron chi connectivity index (χ4n) is 2.86. The lowest BCUT2D eigenvalue weighted by molar-refractivity contribution is -0.384. The molecule has 0 aromatic heterocycles. The maximum absolute atomic E-state index is 14.0. The van der Waals surface area contributed by atoms with Crippen LogP contribution in [-0.4, -0.2) is 17.9 Å². The van der Waals surface area contributed by atoms with E-state index in [1.54, 1.807) is 24.3 Å². The van der Waals surface area contributed by atoms with Gasteiger partial charge in [-0.05, 0) is 35.4 Å². The normalized spacial score (nSPS) is 10.8. The van der Waals surface area contributed by atoms with E-state index in [1.807, 2.05) is 30.3 Å². The number of nitro benzene ring substituents is 1. The molecule has 3 rings (SSSR count). The first-order chi connectivity index (χ1) is 15.9. The van der Waals surface area contributed by atoms with Crippen molar-refractivity contribution in [3.8, 4) is 17.6 Å². The van der Waals surface area contributed by atoms with Crippen LogP contribution < -0.4 is 14.8 Å². The second-order valence-corrected chi connectivity index (χ2v) is 6.73. The highest BCUT2D eigenvalue weighted by atomic mass is 19.1. The number of nitro groups is 1. The Labute approximate surface area is 188 Å². The summed E-state index contributed by atoms with van der Waals surface area (Å²) in [7, 11) is 1.49. The minimum atomic E-state index is -0.917. The predicted octanol–water partition coefficient (Wildman–Crippen LogP) is 4.87. The summed E-state index contributed by atoms with van der Waals surface area (Å²) >= 11 is 0. The number of rotatable bonds is 8. The quantitative estimate of drug-likeness (QED) is 0.228. The van der Waals surface area contributed by atoms with Crippen LogP contribution in [0.2, 0.25) is 0 Å².